The van der Waals surface area contributed by atoms with Crippen molar-refractivity contribution in [1.82, 2.24) is 10.3 Å². The van der Waals surface area contributed by atoms with Crippen LogP contribution in [0.1, 0.15) is 5.56 Å². The minimum Gasteiger partial charge on any atom is -0.548 e. The molecule has 0 aliphatic carbocycles. The highest BCUT2D eigenvalue weighted by Gasteiger charge is 2.19. The van der Waals surface area contributed by atoms with Crippen LogP contribution in [0.15, 0.2) is 35.6 Å². The molecular formula is C15H18N4O4S. The molecule has 1 heterocycles. The third kappa shape index (κ3) is 4.74. The molecule has 0 fully saturated rings. The van der Waals surface area contributed by atoms with Crippen LogP contribution >= 0.6 is 11.8 Å². The number of carbonyl (C=O) groups excluding carboxylic acids is 2. The van der Waals surface area contributed by atoms with Crippen molar-refractivity contribution in [3.8, 4) is 0 Å². The summed E-state index contributed by atoms with van der Waals surface area (Å²) in [6.07, 6.45) is 2.27. The summed E-state index contributed by atoms with van der Waals surface area (Å²) in [5.74, 6) is -1.59. The SMILES string of the molecule is [NH3+][C@@H](CS/C(Cc1c[nH]c2ccccc12)=N/O)C(=O)NCC(=O)[O-]. The number of fused-ring (bicyclic) bond motifs is 1. The van der Waals surface area contributed by atoms with Crippen molar-refractivity contribution in [3.05, 3.63) is 36.0 Å². The third-order valence-electron chi connectivity index (χ3n) is 3.36. The Bertz CT molecular complexity index is 759. The normalized spacial score (nSPS) is 13.0. The lowest BCUT2D eigenvalue weighted by molar-refractivity contribution is -0.396. The van der Waals surface area contributed by atoms with Gasteiger partial charge >= 0.3 is 0 Å². The molecular weight excluding hydrogens is 332 g/mol. The van der Waals surface area contributed by atoms with E-state index in [9.17, 15) is 19.9 Å². The van der Waals surface area contributed by atoms with Crippen LogP contribution in [0.5, 0.6) is 0 Å². The van der Waals surface area contributed by atoms with Gasteiger partial charge in [0, 0.05) is 23.5 Å². The lowest BCUT2D eigenvalue weighted by Crippen LogP contribution is -2.69. The summed E-state index contributed by atoms with van der Waals surface area (Å²) in [5.41, 5.74) is 5.65. The highest BCUT2D eigenvalue weighted by Crippen LogP contribution is 2.20. The number of amides is 1. The molecule has 6 N–H and O–H groups in total. The minimum atomic E-state index is -1.36. The number of nitrogens with zero attached hydrogens (tertiary/aromatic N) is 1. The van der Waals surface area contributed by atoms with Gasteiger partial charge in [-0.05, 0) is 11.6 Å². The van der Waals surface area contributed by atoms with E-state index in [2.05, 4.69) is 21.2 Å². The summed E-state index contributed by atoms with van der Waals surface area (Å²) >= 11 is 1.20. The minimum absolute atomic E-state index is 0.265. The molecule has 0 bridgehead atoms. The zero-order chi connectivity index (χ0) is 17.5. The molecule has 0 saturated carbocycles. The fourth-order valence-electron chi connectivity index (χ4n) is 2.13. The maximum atomic E-state index is 11.7. The number of hydrogen-bond donors (Lipinski definition) is 4. The molecule has 2 rings (SSSR count). The van der Waals surface area contributed by atoms with E-state index in [4.69, 9.17) is 0 Å². The predicted octanol–water partition coefficient (Wildman–Crippen LogP) is -1.29. The van der Waals surface area contributed by atoms with E-state index in [1.54, 1.807) is 0 Å². The average Bonchev–Trinajstić information content (AvgIpc) is 2.99. The molecule has 0 unspecified atom stereocenters. The second-order valence-corrected chi connectivity index (χ2v) is 6.22. The van der Waals surface area contributed by atoms with Gasteiger partial charge in [-0.2, -0.15) is 0 Å². The summed E-state index contributed by atoms with van der Waals surface area (Å²) in [5, 5.41) is 26.5. The molecule has 9 heteroatoms. The van der Waals surface area contributed by atoms with E-state index < -0.39 is 24.5 Å². The summed E-state index contributed by atoms with van der Waals surface area (Å²) in [6, 6.07) is 7.11. The first-order valence-electron chi connectivity index (χ1n) is 7.20. The molecule has 1 amide bonds. The van der Waals surface area contributed by atoms with Crippen LogP contribution in [0.3, 0.4) is 0 Å². The van der Waals surface area contributed by atoms with E-state index in [1.165, 1.54) is 11.8 Å². The monoisotopic (exact) mass is 350 g/mol. The smallest absolute Gasteiger partial charge is 0.279 e. The number of quaternary nitrogens is 1. The number of hydrogen-bond acceptors (Lipinski definition) is 6. The standard InChI is InChI=1S/C15H18N4O4S/c16-11(15(22)18-7-14(20)21)8-24-13(19-23)5-9-6-17-12-4-2-1-3-10(9)12/h1-4,6,11,17,23H,5,7-8,16H2,(H,18,22)(H,20,21)/b19-13+/t11-/m0/s1. The molecule has 0 radical (unpaired) electrons. The molecule has 2 aromatic rings. The molecule has 1 aromatic heterocycles. The van der Waals surface area contributed by atoms with E-state index in [-0.39, 0.29) is 5.75 Å². The molecule has 0 aliphatic rings. The second kappa shape index (κ2) is 8.37. The quantitative estimate of drug-likeness (QED) is 0.212. The summed E-state index contributed by atoms with van der Waals surface area (Å²) in [4.78, 5) is 25.1. The number of carbonyl (C=O) groups is 2. The summed E-state index contributed by atoms with van der Waals surface area (Å²) < 4.78 is 0. The Morgan fingerprint density at radius 3 is 2.88 bits per heavy atom. The number of benzene rings is 1. The van der Waals surface area contributed by atoms with Gasteiger partial charge in [-0.3, -0.25) is 4.79 Å². The number of carboxylic acids is 1. The number of aliphatic carboxylic acids is 1. The lowest BCUT2D eigenvalue weighted by Gasteiger charge is -2.10. The molecule has 1 atom stereocenters. The van der Waals surface area contributed by atoms with Crippen molar-refractivity contribution in [3.63, 3.8) is 0 Å². The second-order valence-electron chi connectivity index (χ2n) is 5.13. The fourth-order valence-corrected chi connectivity index (χ4v) is 2.99. The van der Waals surface area contributed by atoms with Gasteiger partial charge in [0.05, 0.1) is 18.3 Å². The number of aromatic nitrogens is 1. The lowest BCUT2D eigenvalue weighted by atomic mass is 10.1. The van der Waals surface area contributed by atoms with Crippen molar-refractivity contribution in [2.45, 2.75) is 12.5 Å². The van der Waals surface area contributed by atoms with Crippen LogP contribution in [0, 0.1) is 0 Å². The highest BCUT2D eigenvalue weighted by molar-refractivity contribution is 8.14. The topological polar surface area (TPSA) is 145 Å². The van der Waals surface area contributed by atoms with Gasteiger partial charge in [0.2, 0.25) is 0 Å². The zero-order valence-corrected chi connectivity index (χ0v) is 13.6. The molecule has 1 aromatic carbocycles. The van der Waals surface area contributed by atoms with Gasteiger partial charge in [-0.25, -0.2) is 0 Å². The molecule has 0 saturated heterocycles. The van der Waals surface area contributed by atoms with Crippen LogP contribution in [0.4, 0.5) is 0 Å². The van der Waals surface area contributed by atoms with Gasteiger partial charge in [0.25, 0.3) is 5.91 Å². The Hall–Kier alpha value is -2.52. The van der Waals surface area contributed by atoms with Crippen molar-refractivity contribution in [2.75, 3.05) is 12.3 Å². The van der Waals surface area contributed by atoms with Gasteiger partial charge in [0.15, 0.2) is 6.04 Å². The molecule has 8 nitrogen and oxygen atoms in total. The molecule has 0 aliphatic heterocycles. The average molecular weight is 350 g/mol. The molecule has 0 spiro atoms. The number of carboxylic acid groups (broad SMARTS) is 1. The Morgan fingerprint density at radius 1 is 1.42 bits per heavy atom. The number of rotatable bonds is 7. The van der Waals surface area contributed by atoms with Gasteiger partial charge in [0.1, 0.15) is 5.04 Å². The highest BCUT2D eigenvalue weighted by atomic mass is 32.2. The van der Waals surface area contributed by atoms with Crippen molar-refractivity contribution in [1.29, 1.82) is 0 Å². The molecule has 24 heavy (non-hydrogen) atoms. The van der Waals surface area contributed by atoms with E-state index in [0.717, 1.165) is 16.5 Å². The first-order valence-corrected chi connectivity index (χ1v) is 8.19. The first kappa shape index (κ1) is 17.8. The number of aromatic amines is 1. The number of nitrogens with one attached hydrogen (secondary N) is 2. The Morgan fingerprint density at radius 2 is 2.17 bits per heavy atom. The van der Waals surface area contributed by atoms with E-state index >= 15 is 0 Å². The summed E-state index contributed by atoms with van der Waals surface area (Å²) in [7, 11) is 0. The van der Waals surface area contributed by atoms with E-state index in [1.807, 2.05) is 30.5 Å². The Labute approximate surface area is 142 Å². The van der Waals surface area contributed by atoms with Crippen LogP contribution < -0.4 is 16.2 Å². The van der Waals surface area contributed by atoms with Crippen molar-refractivity contribution < 1.29 is 25.6 Å². The maximum absolute atomic E-state index is 11.7. The van der Waals surface area contributed by atoms with Crippen molar-refractivity contribution in [2.24, 2.45) is 5.16 Å². The summed E-state index contributed by atoms with van der Waals surface area (Å²) in [6.45, 7) is -0.550. The first-order chi connectivity index (χ1) is 11.5. The maximum Gasteiger partial charge on any atom is 0.279 e. The third-order valence-corrected chi connectivity index (χ3v) is 4.49. The van der Waals surface area contributed by atoms with Crippen LogP contribution in [-0.4, -0.2) is 45.5 Å². The largest absolute Gasteiger partial charge is 0.548 e. The van der Waals surface area contributed by atoms with Gasteiger partial charge < -0.3 is 31.1 Å². The zero-order valence-electron chi connectivity index (χ0n) is 12.8. The number of H-pyrrole nitrogens is 1. The Balaban J connectivity index is 1.91. The number of para-hydroxylation sites is 1. The van der Waals surface area contributed by atoms with Gasteiger partial charge in [-0.15, -0.1) is 11.8 Å². The van der Waals surface area contributed by atoms with Crippen LogP contribution in [0.2, 0.25) is 0 Å². The fraction of sp³-hybridized carbons (Fsp3) is 0.267. The number of oxime groups is 1. The van der Waals surface area contributed by atoms with Crippen LogP contribution in [-0.2, 0) is 16.0 Å². The van der Waals surface area contributed by atoms with E-state index in [0.29, 0.717) is 11.5 Å². The van der Waals surface area contributed by atoms with Crippen molar-refractivity contribution >= 4 is 39.6 Å². The Kier molecular flexibility index (Phi) is 6.21. The van der Waals surface area contributed by atoms with Crippen LogP contribution in [0.25, 0.3) is 10.9 Å². The number of thioether (sulfide) groups is 1. The van der Waals surface area contributed by atoms with Gasteiger partial charge in [-0.1, -0.05) is 23.4 Å². The predicted molar refractivity (Wildman–Crippen MR) is 88.4 cm³/mol. The molecule has 128 valence electrons.